The molecule has 1 aliphatic heterocycles. The number of sulfonamides is 1. The van der Waals surface area contributed by atoms with Gasteiger partial charge in [0.1, 0.15) is 9.81 Å². The summed E-state index contributed by atoms with van der Waals surface area (Å²) in [5.41, 5.74) is -0.534. The summed E-state index contributed by atoms with van der Waals surface area (Å²) in [5, 5.41) is 4.56. The quantitative estimate of drug-likeness (QED) is 0.912. The predicted molar refractivity (Wildman–Crippen MR) is 85.5 cm³/mol. The molecule has 1 aromatic heterocycles. The number of piperidine rings is 1. The lowest BCUT2D eigenvalue weighted by Crippen LogP contribution is -2.47. The average Bonchev–Trinajstić information content (AvgIpc) is 2.91. The lowest BCUT2D eigenvalue weighted by Gasteiger charge is -2.31. The van der Waals surface area contributed by atoms with Crippen LogP contribution in [0.15, 0.2) is 21.7 Å². The smallest absolute Gasteiger partial charge is 0.407 e. The maximum Gasteiger partial charge on any atom is 0.407 e. The van der Waals surface area contributed by atoms with Gasteiger partial charge in [-0.3, -0.25) is 0 Å². The Morgan fingerprint density at radius 1 is 1.36 bits per heavy atom. The third-order valence-electron chi connectivity index (χ3n) is 3.26. The zero-order valence-electron chi connectivity index (χ0n) is 13.0. The van der Waals surface area contributed by atoms with E-state index in [1.165, 1.54) is 15.6 Å². The van der Waals surface area contributed by atoms with Gasteiger partial charge < -0.3 is 10.1 Å². The van der Waals surface area contributed by atoms with Crippen molar-refractivity contribution in [1.82, 2.24) is 9.62 Å². The first-order chi connectivity index (χ1) is 10.2. The van der Waals surface area contributed by atoms with Crippen LogP contribution in [0.2, 0.25) is 0 Å². The molecule has 0 bridgehead atoms. The van der Waals surface area contributed by atoms with E-state index < -0.39 is 21.7 Å². The highest BCUT2D eigenvalue weighted by Gasteiger charge is 2.31. The number of nitrogens with one attached hydrogen (secondary N) is 1. The summed E-state index contributed by atoms with van der Waals surface area (Å²) < 4.78 is 31.8. The number of thiophene rings is 1. The van der Waals surface area contributed by atoms with Crippen molar-refractivity contribution in [3.05, 3.63) is 17.5 Å². The molecule has 1 amide bonds. The van der Waals surface area contributed by atoms with Crippen molar-refractivity contribution >= 4 is 27.5 Å². The van der Waals surface area contributed by atoms with E-state index in [-0.39, 0.29) is 6.04 Å². The summed E-state index contributed by atoms with van der Waals surface area (Å²) in [6, 6.07) is 3.30. The summed E-state index contributed by atoms with van der Waals surface area (Å²) in [6.45, 7) is 6.23. The molecular formula is C14H22N2O4S2. The topological polar surface area (TPSA) is 75.7 Å². The van der Waals surface area contributed by atoms with Crippen LogP contribution in [0.3, 0.4) is 0 Å². The third kappa shape index (κ3) is 4.44. The molecule has 0 atom stereocenters. The minimum absolute atomic E-state index is 0.0513. The Kier molecular flexibility index (Phi) is 5.14. The Bertz CT molecular complexity index is 597. The molecule has 1 N–H and O–H groups in total. The SMILES string of the molecule is CC(C)(C)OC(=O)NC1CCN(S(=O)(=O)c2cccs2)CC1. The van der Waals surface area contributed by atoms with Crippen LogP contribution in [0, 0.1) is 0 Å². The van der Waals surface area contributed by atoms with Gasteiger partial charge in [0.25, 0.3) is 10.0 Å². The second kappa shape index (κ2) is 6.55. The number of carbonyl (C=O) groups excluding carboxylic acids is 1. The van der Waals surface area contributed by atoms with E-state index in [0.29, 0.717) is 30.1 Å². The van der Waals surface area contributed by atoms with E-state index in [1.54, 1.807) is 17.5 Å². The third-order valence-corrected chi connectivity index (χ3v) is 6.54. The van der Waals surface area contributed by atoms with Gasteiger partial charge in [0.05, 0.1) is 0 Å². The first-order valence-electron chi connectivity index (χ1n) is 7.22. The van der Waals surface area contributed by atoms with Crippen LogP contribution in [0.4, 0.5) is 4.79 Å². The van der Waals surface area contributed by atoms with Crippen LogP contribution in [-0.4, -0.2) is 43.5 Å². The molecule has 6 nitrogen and oxygen atoms in total. The highest BCUT2D eigenvalue weighted by Crippen LogP contribution is 2.24. The van der Waals surface area contributed by atoms with Crippen molar-refractivity contribution in [2.75, 3.05) is 13.1 Å². The van der Waals surface area contributed by atoms with Crippen molar-refractivity contribution in [2.24, 2.45) is 0 Å². The molecule has 0 aliphatic carbocycles. The molecular weight excluding hydrogens is 324 g/mol. The molecule has 1 fully saturated rings. The van der Waals surface area contributed by atoms with Gasteiger partial charge in [0.15, 0.2) is 0 Å². The molecule has 124 valence electrons. The van der Waals surface area contributed by atoms with Crippen LogP contribution in [0.25, 0.3) is 0 Å². The number of amides is 1. The van der Waals surface area contributed by atoms with Crippen LogP contribution >= 0.6 is 11.3 Å². The molecule has 1 aliphatic rings. The Morgan fingerprint density at radius 2 is 2.00 bits per heavy atom. The van der Waals surface area contributed by atoms with Gasteiger partial charge in [0, 0.05) is 19.1 Å². The van der Waals surface area contributed by atoms with Crippen molar-refractivity contribution in [3.8, 4) is 0 Å². The van der Waals surface area contributed by atoms with Gasteiger partial charge in [-0.25, -0.2) is 13.2 Å². The molecule has 2 rings (SSSR count). The van der Waals surface area contributed by atoms with E-state index in [2.05, 4.69) is 5.32 Å². The molecule has 0 aromatic carbocycles. The van der Waals surface area contributed by atoms with Crippen LogP contribution in [-0.2, 0) is 14.8 Å². The maximum absolute atomic E-state index is 12.4. The number of carbonyl (C=O) groups is 1. The molecule has 22 heavy (non-hydrogen) atoms. The second-order valence-electron chi connectivity index (χ2n) is 6.26. The van der Waals surface area contributed by atoms with Crippen LogP contribution in [0.1, 0.15) is 33.6 Å². The highest BCUT2D eigenvalue weighted by molar-refractivity contribution is 7.91. The van der Waals surface area contributed by atoms with Gasteiger partial charge in [-0.05, 0) is 45.1 Å². The van der Waals surface area contributed by atoms with E-state index in [1.807, 2.05) is 20.8 Å². The summed E-state index contributed by atoms with van der Waals surface area (Å²) in [4.78, 5) is 11.7. The van der Waals surface area contributed by atoms with Crippen molar-refractivity contribution in [3.63, 3.8) is 0 Å². The zero-order chi connectivity index (χ0) is 16.4. The molecule has 8 heteroatoms. The number of nitrogens with zero attached hydrogens (tertiary/aromatic N) is 1. The number of ether oxygens (including phenoxy) is 1. The number of hydrogen-bond acceptors (Lipinski definition) is 5. The summed E-state index contributed by atoms with van der Waals surface area (Å²) in [5.74, 6) is 0. The van der Waals surface area contributed by atoms with Gasteiger partial charge >= 0.3 is 6.09 Å². The summed E-state index contributed by atoms with van der Waals surface area (Å²) >= 11 is 1.22. The lowest BCUT2D eigenvalue weighted by molar-refractivity contribution is 0.0489. The Labute approximate surface area is 135 Å². The fraction of sp³-hybridized carbons (Fsp3) is 0.643. The van der Waals surface area contributed by atoms with Crippen LogP contribution in [0.5, 0.6) is 0 Å². The van der Waals surface area contributed by atoms with Gasteiger partial charge in [-0.1, -0.05) is 6.07 Å². The lowest BCUT2D eigenvalue weighted by atomic mass is 10.1. The van der Waals surface area contributed by atoms with Crippen molar-refractivity contribution < 1.29 is 17.9 Å². The molecule has 0 unspecified atom stereocenters. The van der Waals surface area contributed by atoms with E-state index in [9.17, 15) is 13.2 Å². The largest absolute Gasteiger partial charge is 0.444 e. The number of hydrogen-bond donors (Lipinski definition) is 1. The minimum Gasteiger partial charge on any atom is -0.444 e. The maximum atomic E-state index is 12.4. The van der Waals surface area contributed by atoms with Crippen molar-refractivity contribution in [1.29, 1.82) is 0 Å². The molecule has 1 aromatic rings. The monoisotopic (exact) mass is 346 g/mol. The standard InChI is InChI=1S/C14H22N2O4S2/c1-14(2,3)20-13(17)15-11-6-8-16(9-7-11)22(18,19)12-5-4-10-21-12/h4-5,10-11H,6-9H2,1-3H3,(H,15,17). The van der Waals surface area contributed by atoms with Gasteiger partial charge in [-0.15, -0.1) is 11.3 Å². The Balaban J connectivity index is 1.87. The summed E-state index contributed by atoms with van der Waals surface area (Å²) in [7, 11) is -3.39. The van der Waals surface area contributed by atoms with Crippen molar-refractivity contribution in [2.45, 2.75) is 49.5 Å². The van der Waals surface area contributed by atoms with Gasteiger partial charge in [0.2, 0.25) is 0 Å². The molecule has 0 saturated carbocycles. The Hall–Kier alpha value is -1.12. The molecule has 1 saturated heterocycles. The number of rotatable bonds is 3. The first kappa shape index (κ1) is 17.2. The average molecular weight is 346 g/mol. The molecule has 2 heterocycles. The fourth-order valence-corrected chi connectivity index (χ4v) is 4.87. The van der Waals surface area contributed by atoms with E-state index >= 15 is 0 Å². The molecule has 0 radical (unpaired) electrons. The number of alkyl carbamates (subject to hydrolysis) is 1. The zero-order valence-corrected chi connectivity index (χ0v) is 14.7. The second-order valence-corrected chi connectivity index (χ2v) is 9.37. The normalized spacial score (nSPS) is 18.1. The highest BCUT2D eigenvalue weighted by atomic mass is 32.2. The van der Waals surface area contributed by atoms with E-state index in [4.69, 9.17) is 4.74 Å². The molecule has 0 spiro atoms. The van der Waals surface area contributed by atoms with Crippen LogP contribution < -0.4 is 5.32 Å². The summed E-state index contributed by atoms with van der Waals surface area (Å²) in [6.07, 6.45) is 0.723. The van der Waals surface area contributed by atoms with E-state index in [0.717, 1.165) is 0 Å². The Morgan fingerprint density at radius 3 is 2.50 bits per heavy atom. The minimum atomic E-state index is -3.39. The first-order valence-corrected chi connectivity index (χ1v) is 9.53. The predicted octanol–water partition coefficient (Wildman–Crippen LogP) is 2.43. The fourth-order valence-electron chi connectivity index (χ4n) is 2.25. The van der Waals surface area contributed by atoms with Gasteiger partial charge in [-0.2, -0.15) is 4.31 Å².